The summed E-state index contributed by atoms with van der Waals surface area (Å²) in [4.78, 5) is 28.5. The number of carbonyl (C=O) groups is 1. The molecule has 0 spiro atoms. The molecule has 1 aliphatic rings. The molecule has 3 aromatic heterocycles. The average molecular weight is 404 g/mol. The number of nitrogens with zero attached hydrogens (tertiary/aromatic N) is 6. The van der Waals surface area contributed by atoms with E-state index in [1.165, 1.54) is 16.8 Å². The van der Waals surface area contributed by atoms with Crippen molar-refractivity contribution in [1.29, 1.82) is 0 Å². The van der Waals surface area contributed by atoms with E-state index in [4.69, 9.17) is 4.74 Å². The number of rotatable bonds is 3. The minimum atomic E-state index is -1.87. The quantitative estimate of drug-likeness (QED) is 0.368. The topological polar surface area (TPSA) is 185 Å². The molecule has 29 heavy (non-hydrogen) atoms. The number of ether oxygens (including phenoxy) is 1. The molecule has 3 aromatic rings. The van der Waals surface area contributed by atoms with Gasteiger partial charge in [-0.3, -0.25) is 9.20 Å². The molecule has 0 aliphatic carbocycles. The Kier molecular flexibility index (Phi) is 4.58. The fourth-order valence-corrected chi connectivity index (χ4v) is 3.21. The zero-order valence-electron chi connectivity index (χ0n) is 14.9. The molecular formula is C16H16N6O7. The van der Waals surface area contributed by atoms with Gasteiger partial charge in [0, 0.05) is 12.4 Å². The minimum absolute atomic E-state index is 0.0404. The molecule has 1 saturated heterocycles. The van der Waals surface area contributed by atoms with Crippen molar-refractivity contribution < 1.29 is 30.0 Å². The standard InChI is InChI=1S/C16H16N6O7/c1-6-3-2-4-21-12(6)17-5-7(14(21)26)13-18-19-20-22(13)15-10(25)8(23)9(24)11(29-15)16(27)28/h2-5,8-11,15,23-25H,1H3,(H,27,28)/t8-,9-,10+,11-,15+/m0/s1. The first-order valence-electron chi connectivity index (χ1n) is 8.49. The zero-order chi connectivity index (χ0) is 20.9. The molecule has 0 amide bonds. The molecule has 4 rings (SSSR count). The van der Waals surface area contributed by atoms with E-state index in [1.807, 2.05) is 0 Å². The summed E-state index contributed by atoms with van der Waals surface area (Å²) in [6.45, 7) is 1.79. The van der Waals surface area contributed by atoms with Crippen LogP contribution in [0, 0.1) is 6.92 Å². The average Bonchev–Trinajstić information content (AvgIpc) is 3.16. The third-order valence-electron chi connectivity index (χ3n) is 4.73. The third-order valence-corrected chi connectivity index (χ3v) is 4.73. The van der Waals surface area contributed by atoms with Crippen molar-refractivity contribution >= 4 is 11.6 Å². The number of carboxylic acid groups (broad SMARTS) is 1. The molecule has 1 fully saturated rings. The second-order valence-corrected chi connectivity index (χ2v) is 6.57. The number of fused-ring (bicyclic) bond motifs is 1. The van der Waals surface area contributed by atoms with Crippen molar-refractivity contribution in [3.63, 3.8) is 0 Å². The number of tetrazole rings is 1. The summed E-state index contributed by atoms with van der Waals surface area (Å²) in [6.07, 6.45) is -6.11. The third kappa shape index (κ3) is 2.96. The van der Waals surface area contributed by atoms with Crippen LogP contribution in [-0.4, -0.2) is 80.4 Å². The highest BCUT2D eigenvalue weighted by Gasteiger charge is 2.48. The van der Waals surface area contributed by atoms with Gasteiger partial charge in [0.25, 0.3) is 5.56 Å². The normalized spacial score (nSPS) is 27.2. The van der Waals surface area contributed by atoms with Gasteiger partial charge < -0.3 is 25.2 Å². The van der Waals surface area contributed by atoms with E-state index in [2.05, 4.69) is 20.5 Å². The number of pyridine rings is 1. The lowest BCUT2D eigenvalue weighted by Crippen LogP contribution is -2.58. The van der Waals surface area contributed by atoms with E-state index in [-0.39, 0.29) is 11.4 Å². The first-order chi connectivity index (χ1) is 13.8. The second-order valence-electron chi connectivity index (χ2n) is 6.57. The highest BCUT2D eigenvalue weighted by atomic mass is 16.6. The summed E-state index contributed by atoms with van der Waals surface area (Å²) in [5, 5.41) is 50.2. The van der Waals surface area contributed by atoms with Gasteiger partial charge in [0.05, 0.1) is 0 Å². The van der Waals surface area contributed by atoms with Gasteiger partial charge in [0.15, 0.2) is 18.2 Å². The monoisotopic (exact) mass is 404 g/mol. The Morgan fingerprint density at radius 3 is 2.69 bits per heavy atom. The highest BCUT2D eigenvalue weighted by Crippen LogP contribution is 2.30. The fourth-order valence-electron chi connectivity index (χ4n) is 3.21. The van der Waals surface area contributed by atoms with E-state index in [1.54, 1.807) is 19.1 Å². The van der Waals surface area contributed by atoms with Gasteiger partial charge in [0.1, 0.15) is 29.5 Å². The van der Waals surface area contributed by atoms with Crippen molar-refractivity contribution in [2.45, 2.75) is 37.6 Å². The lowest BCUT2D eigenvalue weighted by Gasteiger charge is -2.38. The number of aliphatic hydroxyl groups excluding tert-OH is 3. The largest absolute Gasteiger partial charge is 0.479 e. The maximum atomic E-state index is 12.9. The van der Waals surface area contributed by atoms with Gasteiger partial charge in [-0.1, -0.05) is 6.07 Å². The van der Waals surface area contributed by atoms with E-state index < -0.39 is 42.2 Å². The van der Waals surface area contributed by atoms with Gasteiger partial charge >= 0.3 is 5.97 Å². The van der Waals surface area contributed by atoms with E-state index >= 15 is 0 Å². The van der Waals surface area contributed by atoms with Crippen LogP contribution in [0.2, 0.25) is 0 Å². The predicted octanol–water partition coefficient (Wildman–Crippen LogP) is -2.28. The molecule has 4 heterocycles. The summed E-state index contributed by atoms with van der Waals surface area (Å²) >= 11 is 0. The first kappa shape index (κ1) is 19.1. The molecule has 0 unspecified atom stereocenters. The second kappa shape index (κ2) is 6.97. The fraction of sp³-hybridized carbons (Fsp3) is 0.375. The zero-order valence-corrected chi connectivity index (χ0v) is 14.9. The maximum Gasteiger partial charge on any atom is 0.335 e. The number of aliphatic carboxylic acids is 1. The van der Waals surface area contributed by atoms with Gasteiger partial charge in [-0.2, -0.15) is 4.68 Å². The van der Waals surface area contributed by atoms with Gasteiger partial charge in [0.2, 0.25) is 0 Å². The Morgan fingerprint density at radius 1 is 1.21 bits per heavy atom. The van der Waals surface area contributed by atoms with Gasteiger partial charge in [-0.05, 0) is 29.0 Å². The smallest absolute Gasteiger partial charge is 0.335 e. The van der Waals surface area contributed by atoms with E-state index in [9.17, 15) is 30.0 Å². The van der Waals surface area contributed by atoms with Crippen molar-refractivity contribution in [3.8, 4) is 11.4 Å². The van der Waals surface area contributed by atoms with Crippen molar-refractivity contribution in [1.82, 2.24) is 29.6 Å². The number of aromatic nitrogens is 6. The molecular weight excluding hydrogens is 388 g/mol. The van der Waals surface area contributed by atoms with Crippen LogP contribution in [0.1, 0.15) is 11.8 Å². The van der Waals surface area contributed by atoms with Crippen LogP contribution >= 0.6 is 0 Å². The Hall–Kier alpha value is -3.26. The van der Waals surface area contributed by atoms with Crippen LogP contribution in [0.5, 0.6) is 0 Å². The number of aryl methyl sites for hydroxylation is 1. The number of aliphatic hydroxyl groups is 3. The van der Waals surface area contributed by atoms with Gasteiger partial charge in [-0.15, -0.1) is 5.10 Å². The van der Waals surface area contributed by atoms with Crippen LogP contribution in [-0.2, 0) is 9.53 Å². The summed E-state index contributed by atoms with van der Waals surface area (Å²) < 4.78 is 7.39. The molecule has 13 heteroatoms. The molecule has 0 aromatic carbocycles. The van der Waals surface area contributed by atoms with Crippen LogP contribution in [0.4, 0.5) is 0 Å². The Morgan fingerprint density at radius 2 is 1.97 bits per heavy atom. The number of carboxylic acids is 1. The van der Waals surface area contributed by atoms with Gasteiger partial charge in [-0.25, -0.2) is 9.78 Å². The summed E-state index contributed by atoms with van der Waals surface area (Å²) in [5.41, 5.74) is 0.652. The maximum absolute atomic E-state index is 12.9. The molecule has 0 radical (unpaired) electrons. The minimum Gasteiger partial charge on any atom is -0.479 e. The van der Waals surface area contributed by atoms with Crippen molar-refractivity contribution in [3.05, 3.63) is 40.4 Å². The lowest BCUT2D eigenvalue weighted by atomic mass is 9.98. The molecule has 5 atom stereocenters. The SMILES string of the molecule is Cc1cccn2c(=O)c(-c3nnnn3[C@@H]3O[C@H](C(=O)O)[C@@H](O)[C@H](O)[C@H]3O)cnc12. The molecule has 4 N–H and O–H groups in total. The van der Waals surface area contributed by atoms with Crippen molar-refractivity contribution in [2.24, 2.45) is 0 Å². The number of hydrogen-bond acceptors (Lipinski definition) is 10. The van der Waals surface area contributed by atoms with Crippen LogP contribution in [0.15, 0.2) is 29.3 Å². The summed E-state index contributed by atoms with van der Waals surface area (Å²) in [5.74, 6) is -1.71. The molecule has 0 bridgehead atoms. The Balaban J connectivity index is 1.82. The van der Waals surface area contributed by atoms with Crippen molar-refractivity contribution in [2.75, 3.05) is 0 Å². The lowest BCUT2D eigenvalue weighted by molar-refractivity contribution is -0.249. The molecule has 152 valence electrons. The van der Waals surface area contributed by atoms with Crippen LogP contribution in [0.25, 0.3) is 17.0 Å². The highest BCUT2D eigenvalue weighted by molar-refractivity contribution is 5.73. The van der Waals surface area contributed by atoms with E-state index in [0.29, 0.717) is 5.65 Å². The molecule has 1 aliphatic heterocycles. The molecule has 13 nitrogen and oxygen atoms in total. The first-order valence-corrected chi connectivity index (χ1v) is 8.49. The predicted molar refractivity (Wildman–Crippen MR) is 92.6 cm³/mol. The number of hydrogen-bond donors (Lipinski definition) is 4. The Labute approximate surface area is 161 Å². The van der Waals surface area contributed by atoms with Crippen LogP contribution < -0.4 is 5.56 Å². The molecule has 0 saturated carbocycles. The summed E-state index contributed by atoms with van der Waals surface area (Å²) in [7, 11) is 0. The Bertz CT molecular complexity index is 1140. The summed E-state index contributed by atoms with van der Waals surface area (Å²) in [6, 6.07) is 3.46. The van der Waals surface area contributed by atoms with E-state index in [0.717, 1.165) is 10.2 Å². The van der Waals surface area contributed by atoms with Crippen LogP contribution in [0.3, 0.4) is 0 Å².